The van der Waals surface area contributed by atoms with Crippen molar-refractivity contribution in [1.29, 1.82) is 0 Å². The van der Waals surface area contributed by atoms with Gasteiger partial charge in [-0.15, -0.1) is 10.2 Å². The van der Waals surface area contributed by atoms with Crippen molar-refractivity contribution < 1.29 is 9.53 Å². The van der Waals surface area contributed by atoms with Crippen LogP contribution < -0.4 is 5.56 Å². The average Bonchev–Trinajstić information content (AvgIpc) is 3.07. The highest BCUT2D eigenvalue weighted by Gasteiger charge is 2.32. The fourth-order valence-corrected chi connectivity index (χ4v) is 3.57. The number of carbonyl (C=O) groups excluding carboxylic acids is 1. The maximum absolute atomic E-state index is 12.6. The van der Waals surface area contributed by atoms with Crippen molar-refractivity contribution in [3.63, 3.8) is 0 Å². The van der Waals surface area contributed by atoms with Crippen LogP contribution in [0.3, 0.4) is 0 Å². The number of hydrogen-bond donors (Lipinski definition) is 1. The summed E-state index contributed by atoms with van der Waals surface area (Å²) in [5.74, 6) is 1.93. The van der Waals surface area contributed by atoms with Crippen molar-refractivity contribution in [3.8, 4) is 0 Å². The van der Waals surface area contributed by atoms with Gasteiger partial charge >= 0.3 is 0 Å². The van der Waals surface area contributed by atoms with E-state index in [-0.39, 0.29) is 23.2 Å². The van der Waals surface area contributed by atoms with Crippen LogP contribution >= 0.6 is 0 Å². The second-order valence-corrected chi connectivity index (χ2v) is 6.56. The van der Waals surface area contributed by atoms with Gasteiger partial charge in [0.25, 0.3) is 11.5 Å². The maximum Gasteiger partial charge on any atom is 0.274 e. The Kier molecular flexibility index (Phi) is 4.08. The van der Waals surface area contributed by atoms with Crippen LogP contribution in [0.4, 0.5) is 0 Å². The molecule has 0 saturated carbocycles. The minimum Gasteiger partial charge on any atom is -0.381 e. The Balaban J connectivity index is 1.57. The van der Waals surface area contributed by atoms with Gasteiger partial charge in [0.1, 0.15) is 11.5 Å². The Labute approximate surface area is 144 Å². The molecule has 1 N–H and O–H groups in total. The molecule has 4 rings (SSSR count). The minimum atomic E-state index is -0.329. The number of hydrogen-bond acceptors (Lipinski definition) is 6. The summed E-state index contributed by atoms with van der Waals surface area (Å²) >= 11 is 0. The average molecular weight is 344 g/mol. The summed E-state index contributed by atoms with van der Waals surface area (Å²) in [5, 5.41) is 8.73. The van der Waals surface area contributed by atoms with E-state index >= 15 is 0 Å². The van der Waals surface area contributed by atoms with Gasteiger partial charge in [-0.25, -0.2) is 4.98 Å². The Morgan fingerprint density at radius 2 is 2.12 bits per heavy atom. The van der Waals surface area contributed by atoms with Crippen LogP contribution in [0, 0.1) is 0 Å². The number of amides is 1. The molecule has 0 radical (unpaired) electrons. The second kappa shape index (κ2) is 6.40. The first-order valence-corrected chi connectivity index (χ1v) is 8.49. The van der Waals surface area contributed by atoms with Crippen LogP contribution in [0.1, 0.15) is 53.9 Å². The fourth-order valence-electron chi connectivity index (χ4n) is 3.57. The van der Waals surface area contributed by atoms with Crippen LogP contribution in [0.5, 0.6) is 0 Å². The van der Waals surface area contributed by atoms with Crippen LogP contribution in [0.15, 0.2) is 17.2 Å². The molecule has 1 saturated heterocycles. The van der Waals surface area contributed by atoms with Gasteiger partial charge in [0, 0.05) is 31.9 Å². The number of H-pyrrole nitrogens is 1. The van der Waals surface area contributed by atoms with Gasteiger partial charge in [0.2, 0.25) is 0 Å². The predicted molar refractivity (Wildman–Crippen MR) is 87.1 cm³/mol. The van der Waals surface area contributed by atoms with Gasteiger partial charge < -0.3 is 19.2 Å². The van der Waals surface area contributed by atoms with Crippen molar-refractivity contribution in [2.45, 2.75) is 38.3 Å². The van der Waals surface area contributed by atoms with Crippen LogP contribution in [0.2, 0.25) is 0 Å². The molecule has 2 aromatic rings. The van der Waals surface area contributed by atoms with Gasteiger partial charge in [-0.05, 0) is 19.8 Å². The van der Waals surface area contributed by atoms with E-state index in [2.05, 4.69) is 31.7 Å². The molecule has 4 heterocycles. The highest BCUT2D eigenvalue weighted by molar-refractivity contribution is 5.92. The summed E-state index contributed by atoms with van der Waals surface area (Å²) in [7, 11) is 0. The first-order valence-electron chi connectivity index (χ1n) is 8.49. The highest BCUT2D eigenvalue weighted by atomic mass is 16.5. The Morgan fingerprint density at radius 1 is 1.32 bits per heavy atom. The molecular formula is C16H20N6O3. The molecule has 25 heavy (non-hydrogen) atoms. The molecule has 1 fully saturated rings. The van der Waals surface area contributed by atoms with Crippen molar-refractivity contribution >= 4 is 5.91 Å². The van der Waals surface area contributed by atoms with Crippen molar-refractivity contribution in [2.24, 2.45) is 0 Å². The number of nitrogens with zero attached hydrogens (tertiary/aromatic N) is 5. The zero-order chi connectivity index (χ0) is 17.4. The Bertz CT molecular complexity index is 818. The smallest absolute Gasteiger partial charge is 0.274 e. The van der Waals surface area contributed by atoms with Gasteiger partial charge in [-0.2, -0.15) is 0 Å². The first kappa shape index (κ1) is 15.9. The van der Waals surface area contributed by atoms with Gasteiger partial charge in [0.15, 0.2) is 5.82 Å². The van der Waals surface area contributed by atoms with E-state index in [4.69, 9.17) is 4.74 Å². The second-order valence-electron chi connectivity index (χ2n) is 6.56. The van der Waals surface area contributed by atoms with Gasteiger partial charge in [-0.1, -0.05) is 0 Å². The highest BCUT2D eigenvalue weighted by Crippen LogP contribution is 2.31. The summed E-state index contributed by atoms with van der Waals surface area (Å²) in [6, 6.07) is 0.0864. The topological polar surface area (TPSA) is 106 Å². The number of aromatic nitrogens is 5. The largest absolute Gasteiger partial charge is 0.381 e. The Morgan fingerprint density at radius 3 is 2.84 bits per heavy atom. The van der Waals surface area contributed by atoms with Gasteiger partial charge in [-0.3, -0.25) is 9.59 Å². The minimum absolute atomic E-state index is 0.0864. The van der Waals surface area contributed by atoms with Crippen molar-refractivity contribution in [1.82, 2.24) is 29.6 Å². The summed E-state index contributed by atoms with van der Waals surface area (Å²) in [4.78, 5) is 31.9. The van der Waals surface area contributed by atoms with E-state index < -0.39 is 0 Å². The van der Waals surface area contributed by atoms with Crippen LogP contribution in [-0.2, 0) is 11.3 Å². The normalized spacial score (nSPS) is 21.2. The predicted octanol–water partition coefficient (Wildman–Crippen LogP) is 0.472. The Hall–Kier alpha value is -2.55. The number of rotatable bonds is 2. The third kappa shape index (κ3) is 2.95. The number of ether oxygens (including phenoxy) is 1. The monoisotopic (exact) mass is 344 g/mol. The van der Waals surface area contributed by atoms with E-state index in [9.17, 15) is 9.59 Å². The van der Waals surface area contributed by atoms with E-state index in [1.807, 2.05) is 0 Å². The SMILES string of the molecule is C[C@H]1CN(C(=O)c2c[nH]c(=O)cn2)Cc2nnc(C3CCOCC3)n21. The molecule has 1 amide bonds. The van der Waals surface area contributed by atoms with Crippen molar-refractivity contribution in [3.05, 3.63) is 40.1 Å². The summed E-state index contributed by atoms with van der Waals surface area (Å²) in [6.07, 6.45) is 4.37. The van der Waals surface area contributed by atoms with E-state index in [1.165, 1.54) is 6.20 Å². The molecule has 0 bridgehead atoms. The first-order chi connectivity index (χ1) is 12.1. The number of aromatic amines is 1. The van der Waals surface area contributed by atoms with Gasteiger partial charge in [0.05, 0.1) is 18.8 Å². The molecule has 2 aliphatic heterocycles. The molecule has 0 spiro atoms. The van der Waals surface area contributed by atoms with Crippen LogP contribution in [0.25, 0.3) is 0 Å². The quantitative estimate of drug-likeness (QED) is 0.849. The molecule has 0 aromatic carbocycles. The van der Waals surface area contributed by atoms with E-state index in [0.717, 1.165) is 43.9 Å². The molecule has 2 aliphatic rings. The molecule has 0 aliphatic carbocycles. The lowest BCUT2D eigenvalue weighted by Gasteiger charge is -2.33. The summed E-state index contributed by atoms with van der Waals surface area (Å²) in [6.45, 7) is 4.52. The number of nitrogens with one attached hydrogen (secondary N) is 1. The molecule has 9 heteroatoms. The standard InChI is InChI=1S/C16H20N6O3/c1-10-8-21(16(24)12-6-18-14(23)7-17-12)9-13-19-20-15(22(10)13)11-2-4-25-5-3-11/h6-7,10-11H,2-5,8-9H2,1H3,(H,18,23)/t10-/m0/s1. The lowest BCUT2D eigenvalue weighted by molar-refractivity contribution is 0.0662. The van der Waals surface area contributed by atoms with Crippen molar-refractivity contribution in [2.75, 3.05) is 19.8 Å². The molecule has 0 unspecified atom stereocenters. The molecule has 2 aromatic heterocycles. The lowest BCUT2D eigenvalue weighted by Crippen LogP contribution is -2.41. The molecule has 132 valence electrons. The number of carbonyl (C=O) groups is 1. The zero-order valence-corrected chi connectivity index (χ0v) is 14.0. The third-order valence-electron chi connectivity index (χ3n) is 4.82. The van der Waals surface area contributed by atoms with Crippen LogP contribution in [-0.4, -0.2) is 55.3 Å². The molecule has 1 atom stereocenters. The maximum atomic E-state index is 12.6. The molecular weight excluding hydrogens is 324 g/mol. The number of fused-ring (bicyclic) bond motifs is 1. The molecule has 9 nitrogen and oxygen atoms in total. The third-order valence-corrected chi connectivity index (χ3v) is 4.82. The van der Waals surface area contributed by atoms with E-state index in [1.54, 1.807) is 4.90 Å². The zero-order valence-electron chi connectivity index (χ0n) is 14.0. The fraction of sp³-hybridized carbons (Fsp3) is 0.562. The van der Waals surface area contributed by atoms with E-state index in [0.29, 0.717) is 19.0 Å². The summed E-state index contributed by atoms with van der Waals surface area (Å²) in [5.41, 5.74) is -0.103. The summed E-state index contributed by atoms with van der Waals surface area (Å²) < 4.78 is 7.60. The lowest BCUT2D eigenvalue weighted by atomic mass is 9.99.